The SMILES string of the molecule is O=C(O)CCCCNC(=O)C[C@@H]1C[C@H]1c1ccccc1. The van der Waals surface area contributed by atoms with E-state index in [9.17, 15) is 9.59 Å². The summed E-state index contributed by atoms with van der Waals surface area (Å²) in [6.45, 7) is 0.578. The number of hydrogen-bond donors (Lipinski definition) is 2. The predicted octanol–water partition coefficient (Wildman–Crippen LogP) is 2.55. The van der Waals surface area contributed by atoms with Gasteiger partial charge >= 0.3 is 5.97 Å². The molecular weight excluding hydrogens is 254 g/mol. The number of nitrogens with one attached hydrogen (secondary N) is 1. The van der Waals surface area contributed by atoms with Crippen molar-refractivity contribution in [1.82, 2.24) is 5.32 Å². The van der Waals surface area contributed by atoms with Gasteiger partial charge in [0.05, 0.1) is 0 Å². The molecule has 4 nitrogen and oxygen atoms in total. The number of carbonyl (C=O) groups excluding carboxylic acids is 1. The zero-order valence-electron chi connectivity index (χ0n) is 11.5. The third kappa shape index (κ3) is 4.68. The Labute approximate surface area is 119 Å². The Morgan fingerprint density at radius 3 is 2.65 bits per heavy atom. The van der Waals surface area contributed by atoms with Gasteiger partial charge in [0.15, 0.2) is 0 Å². The number of hydrogen-bond acceptors (Lipinski definition) is 2. The molecule has 0 heterocycles. The van der Waals surface area contributed by atoms with E-state index < -0.39 is 5.97 Å². The Balaban J connectivity index is 1.59. The van der Waals surface area contributed by atoms with E-state index in [1.165, 1.54) is 5.56 Å². The third-order valence-electron chi connectivity index (χ3n) is 3.74. The second kappa shape index (κ2) is 7.08. The largest absolute Gasteiger partial charge is 0.481 e. The minimum atomic E-state index is -0.778. The van der Waals surface area contributed by atoms with Crippen molar-refractivity contribution in [3.8, 4) is 0 Å². The maximum atomic E-state index is 11.7. The monoisotopic (exact) mass is 275 g/mol. The van der Waals surface area contributed by atoms with E-state index in [1.807, 2.05) is 18.2 Å². The number of carboxylic acids is 1. The topological polar surface area (TPSA) is 66.4 Å². The highest BCUT2D eigenvalue weighted by atomic mass is 16.4. The Morgan fingerprint density at radius 2 is 1.95 bits per heavy atom. The zero-order chi connectivity index (χ0) is 14.4. The van der Waals surface area contributed by atoms with Crippen molar-refractivity contribution in [2.24, 2.45) is 5.92 Å². The summed E-state index contributed by atoms with van der Waals surface area (Å²) in [5, 5.41) is 11.4. The zero-order valence-corrected chi connectivity index (χ0v) is 11.5. The van der Waals surface area contributed by atoms with E-state index in [0.717, 1.165) is 12.8 Å². The summed E-state index contributed by atoms with van der Waals surface area (Å²) in [7, 11) is 0. The lowest BCUT2D eigenvalue weighted by Crippen LogP contribution is -2.24. The lowest BCUT2D eigenvalue weighted by Gasteiger charge is -2.04. The summed E-state index contributed by atoms with van der Waals surface area (Å²) in [5.41, 5.74) is 1.33. The number of unbranched alkanes of at least 4 members (excludes halogenated alkanes) is 1. The summed E-state index contributed by atoms with van der Waals surface area (Å²) in [5.74, 6) is 0.314. The van der Waals surface area contributed by atoms with Crippen molar-refractivity contribution in [2.75, 3.05) is 6.54 Å². The van der Waals surface area contributed by atoms with Crippen LogP contribution in [-0.2, 0) is 9.59 Å². The van der Waals surface area contributed by atoms with Gasteiger partial charge in [0.2, 0.25) is 5.91 Å². The van der Waals surface area contributed by atoms with E-state index in [2.05, 4.69) is 17.4 Å². The molecule has 20 heavy (non-hydrogen) atoms. The van der Waals surface area contributed by atoms with Crippen molar-refractivity contribution in [2.45, 2.75) is 38.0 Å². The molecule has 1 saturated carbocycles. The highest BCUT2D eigenvalue weighted by Gasteiger charge is 2.39. The van der Waals surface area contributed by atoms with Crippen molar-refractivity contribution >= 4 is 11.9 Å². The predicted molar refractivity (Wildman–Crippen MR) is 76.4 cm³/mol. The molecule has 4 heteroatoms. The molecule has 0 bridgehead atoms. The maximum Gasteiger partial charge on any atom is 0.303 e. The van der Waals surface area contributed by atoms with Crippen molar-refractivity contribution in [1.29, 1.82) is 0 Å². The molecule has 2 N–H and O–H groups in total. The molecule has 0 spiro atoms. The Morgan fingerprint density at radius 1 is 1.20 bits per heavy atom. The second-order valence-electron chi connectivity index (χ2n) is 5.42. The standard InChI is InChI=1S/C16H21NO3/c18-15(17-9-5-4-8-16(19)20)11-13-10-14(13)12-6-2-1-3-7-12/h1-3,6-7,13-14H,4-5,8-11H2,(H,17,18)(H,19,20)/t13-,14-/m0/s1. The van der Waals surface area contributed by atoms with Crippen LogP contribution in [0.2, 0.25) is 0 Å². The van der Waals surface area contributed by atoms with Gasteiger partial charge in [-0.3, -0.25) is 9.59 Å². The van der Waals surface area contributed by atoms with Crippen molar-refractivity contribution in [3.05, 3.63) is 35.9 Å². The molecule has 0 aromatic heterocycles. The van der Waals surface area contributed by atoms with E-state index in [1.54, 1.807) is 0 Å². The normalized spacial score (nSPS) is 20.4. The van der Waals surface area contributed by atoms with Gasteiger partial charge in [-0.1, -0.05) is 30.3 Å². The smallest absolute Gasteiger partial charge is 0.303 e. The van der Waals surface area contributed by atoms with Crippen LogP contribution in [-0.4, -0.2) is 23.5 Å². The summed E-state index contributed by atoms with van der Waals surface area (Å²) in [6.07, 6.45) is 3.19. The van der Waals surface area contributed by atoms with E-state index >= 15 is 0 Å². The Hall–Kier alpha value is -1.84. The van der Waals surface area contributed by atoms with Gasteiger partial charge in [-0.25, -0.2) is 0 Å². The summed E-state index contributed by atoms with van der Waals surface area (Å²) >= 11 is 0. The lowest BCUT2D eigenvalue weighted by molar-refractivity contribution is -0.137. The fourth-order valence-electron chi connectivity index (χ4n) is 2.52. The fourth-order valence-corrected chi connectivity index (χ4v) is 2.52. The van der Waals surface area contributed by atoms with Gasteiger partial charge in [-0.15, -0.1) is 0 Å². The van der Waals surface area contributed by atoms with Gasteiger partial charge in [0, 0.05) is 19.4 Å². The molecule has 108 valence electrons. The molecule has 1 aliphatic carbocycles. The summed E-state index contributed by atoms with van der Waals surface area (Å²) in [6, 6.07) is 10.3. The molecule has 0 radical (unpaired) electrons. The van der Waals surface area contributed by atoms with Crippen LogP contribution in [0.5, 0.6) is 0 Å². The molecule has 0 saturated heterocycles. The van der Waals surface area contributed by atoms with Crippen LogP contribution in [0.25, 0.3) is 0 Å². The number of carbonyl (C=O) groups is 2. The van der Waals surface area contributed by atoms with Gasteiger partial charge in [-0.05, 0) is 36.7 Å². The molecule has 2 atom stereocenters. The number of rotatable bonds is 8. The molecular formula is C16H21NO3. The highest BCUT2D eigenvalue weighted by Crippen LogP contribution is 2.49. The van der Waals surface area contributed by atoms with Crippen LogP contribution in [0, 0.1) is 5.92 Å². The molecule has 1 aliphatic rings. The summed E-state index contributed by atoms with van der Waals surface area (Å²) < 4.78 is 0. The average molecular weight is 275 g/mol. The molecule has 1 amide bonds. The first-order valence-electron chi connectivity index (χ1n) is 7.20. The lowest BCUT2D eigenvalue weighted by atomic mass is 10.1. The number of aliphatic carboxylic acids is 1. The molecule has 2 rings (SSSR count). The third-order valence-corrected chi connectivity index (χ3v) is 3.74. The minimum Gasteiger partial charge on any atom is -0.481 e. The molecule has 0 unspecified atom stereocenters. The van der Waals surface area contributed by atoms with Crippen LogP contribution in [0.3, 0.4) is 0 Å². The average Bonchev–Trinajstić information content (AvgIpc) is 3.18. The first-order chi connectivity index (χ1) is 9.66. The molecule has 1 aromatic carbocycles. The first-order valence-corrected chi connectivity index (χ1v) is 7.20. The summed E-state index contributed by atoms with van der Waals surface area (Å²) in [4.78, 5) is 22.1. The number of benzene rings is 1. The van der Waals surface area contributed by atoms with E-state index in [0.29, 0.717) is 31.2 Å². The van der Waals surface area contributed by atoms with Gasteiger partial charge < -0.3 is 10.4 Å². The van der Waals surface area contributed by atoms with Crippen LogP contribution in [0.15, 0.2) is 30.3 Å². The van der Waals surface area contributed by atoms with Crippen molar-refractivity contribution < 1.29 is 14.7 Å². The maximum absolute atomic E-state index is 11.7. The van der Waals surface area contributed by atoms with Crippen LogP contribution in [0.1, 0.15) is 43.6 Å². The minimum absolute atomic E-state index is 0.0868. The van der Waals surface area contributed by atoms with E-state index in [4.69, 9.17) is 5.11 Å². The quantitative estimate of drug-likeness (QED) is 0.716. The second-order valence-corrected chi connectivity index (χ2v) is 5.42. The van der Waals surface area contributed by atoms with Gasteiger partial charge in [0.1, 0.15) is 0 Å². The Bertz CT molecular complexity index is 458. The fraction of sp³-hybridized carbons (Fsp3) is 0.500. The highest BCUT2D eigenvalue weighted by molar-refractivity contribution is 5.76. The van der Waals surface area contributed by atoms with Crippen LogP contribution < -0.4 is 5.32 Å². The number of carboxylic acid groups (broad SMARTS) is 1. The van der Waals surface area contributed by atoms with Crippen LogP contribution in [0.4, 0.5) is 0 Å². The van der Waals surface area contributed by atoms with E-state index in [-0.39, 0.29) is 12.3 Å². The first kappa shape index (κ1) is 14.6. The molecule has 0 aliphatic heterocycles. The van der Waals surface area contributed by atoms with Crippen LogP contribution >= 0.6 is 0 Å². The molecule has 1 fully saturated rings. The Kier molecular flexibility index (Phi) is 5.16. The van der Waals surface area contributed by atoms with Gasteiger partial charge in [-0.2, -0.15) is 0 Å². The molecule has 1 aromatic rings. The van der Waals surface area contributed by atoms with Gasteiger partial charge in [0.25, 0.3) is 0 Å². The van der Waals surface area contributed by atoms with Crippen molar-refractivity contribution in [3.63, 3.8) is 0 Å². The number of amides is 1.